The number of Topliss-reactive ketones (excluding diaryl/α,β-unsaturated/α-hetero) is 1. The molecular weight excluding hydrogens is 240 g/mol. The summed E-state index contributed by atoms with van der Waals surface area (Å²) in [7, 11) is 0. The molecule has 0 amide bonds. The van der Waals surface area contributed by atoms with E-state index in [0.29, 0.717) is 16.8 Å². The van der Waals surface area contributed by atoms with Gasteiger partial charge in [-0.15, -0.1) is 0 Å². The van der Waals surface area contributed by atoms with Gasteiger partial charge in [0.25, 0.3) is 0 Å². The third kappa shape index (κ3) is 2.67. The van der Waals surface area contributed by atoms with Crippen LogP contribution in [0.4, 0.5) is 0 Å². The van der Waals surface area contributed by atoms with Crippen LogP contribution in [0, 0.1) is 0 Å². The second-order valence-electron chi connectivity index (χ2n) is 5.60. The van der Waals surface area contributed by atoms with Gasteiger partial charge in [0.15, 0.2) is 5.78 Å². The van der Waals surface area contributed by atoms with Crippen molar-refractivity contribution in [1.82, 2.24) is 9.78 Å². The quantitative estimate of drug-likeness (QED) is 0.841. The smallest absolute Gasteiger partial charge is 0.159 e. The minimum atomic E-state index is -0.104. The van der Waals surface area contributed by atoms with E-state index in [1.54, 1.807) is 12.1 Å². The fraction of sp³-hybridized carbons (Fsp3) is 0.333. The summed E-state index contributed by atoms with van der Waals surface area (Å²) in [5.74, 6) is 0.00827. The van der Waals surface area contributed by atoms with Crippen molar-refractivity contribution >= 4 is 5.78 Å². The summed E-state index contributed by atoms with van der Waals surface area (Å²) in [4.78, 5) is 11.3. The molecule has 0 unspecified atom stereocenters. The Morgan fingerprint density at radius 3 is 2.42 bits per heavy atom. The van der Waals surface area contributed by atoms with E-state index in [1.807, 2.05) is 16.9 Å². The molecular formula is C15H18N2O2. The first-order valence-electron chi connectivity index (χ1n) is 6.19. The molecule has 0 fully saturated rings. The van der Waals surface area contributed by atoms with Crippen molar-refractivity contribution in [2.75, 3.05) is 0 Å². The van der Waals surface area contributed by atoms with E-state index in [-0.39, 0.29) is 17.1 Å². The molecule has 0 atom stereocenters. The molecule has 1 heterocycles. The lowest BCUT2D eigenvalue weighted by Crippen LogP contribution is -2.22. The van der Waals surface area contributed by atoms with Gasteiger partial charge < -0.3 is 5.11 Å². The maximum Gasteiger partial charge on any atom is 0.159 e. The molecule has 2 aromatic rings. The van der Waals surface area contributed by atoms with E-state index < -0.39 is 0 Å². The SMILES string of the molecule is CC(=O)c1ccc(-c2ccn(C(C)(C)C)n2)c(O)c1. The Morgan fingerprint density at radius 2 is 1.95 bits per heavy atom. The van der Waals surface area contributed by atoms with Gasteiger partial charge in [0.05, 0.1) is 11.2 Å². The third-order valence-corrected chi connectivity index (χ3v) is 2.96. The monoisotopic (exact) mass is 258 g/mol. The second-order valence-corrected chi connectivity index (χ2v) is 5.60. The van der Waals surface area contributed by atoms with Crippen LogP contribution in [0.15, 0.2) is 30.5 Å². The number of rotatable bonds is 2. The van der Waals surface area contributed by atoms with Crippen molar-refractivity contribution in [3.63, 3.8) is 0 Å². The Kier molecular flexibility index (Phi) is 3.18. The van der Waals surface area contributed by atoms with Gasteiger partial charge in [-0.25, -0.2) is 0 Å². The highest BCUT2D eigenvalue weighted by Gasteiger charge is 2.16. The molecule has 1 aromatic carbocycles. The van der Waals surface area contributed by atoms with E-state index in [1.165, 1.54) is 13.0 Å². The number of ketones is 1. The van der Waals surface area contributed by atoms with E-state index in [4.69, 9.17) is 0 Å². The fourth-order valence-corrected chi connectivity index (χ4v) is 1.81. The van der Waals surface area contributed by atoms with Gasteiger partial charge in [0.1, 0.15) is 5.75 Å². The summed E-state index contributed by atoms with van der Waals surface area (Å²) in [5.41, 5.74) is 1.72. The molecule has 0 spiro atoms. The van der Waals surface area contributed by atoms with Crippen molar-refractivity contribution in [3.05, 3.63) is 36.0 Å². The molecule has 1 N–H and O–H groups in total. The van der Waals surface area contributed by atoms with Crippen LogP contribution in [0.2, 0.25) is 0 Å². The third-order valence-electron chi connectivity index (χ3n) is 2.96. The maximum atomic E-state index is 11.3. The first kappa shape index (κ1) is 13.3. The average Bonchev–Trinajstić information content (AvgIpc) is 2.77. The first-order valence-corrected chi connectivity index (χ1v) is 6.19. The van der Waals surface area contributed by atoms with Gasteiger partial charge in [0.2, 0.25) is 0 Å². The number of phenols is 1. The highest BCUT2D eigenvalue weighted by molar-refractivity contribution is 5.95. The number of carbonyl (C=O) groups excluding carboxylic acids is 1. The summed E-state index contributed by atoms with van der Waals surface area (Å²) in [6, 6.07) is 6.76. The molecule has 19 heavy (non-hydrogen) atoms. The van der Waals surface area contributed by atoms with Crippen molar-refractivity contribution < 1.29 is 9.90 Å². The molecule has 0 bridgehead atoms. The van der Waals surface area contributed by atoms with Gasteiger partial charge in [-0.1, -0.05) is 6.07 Å². The van der Waals surface area contributed by atoms with Crippen LogP contribution in [0.1, 0.15) is 38.1 Å². The average molecular weight is 258 g/mol. The summed E-state index contributed by atoms with van der Waals surface area (Å²) < 4.78 is 1.85. The number of aromatic nitrogens is 2. The fourth-order valence-electron chi connectivity index (χ4n) is 1.81. The standard InChI is InChI=1S/C15H18N2O2/c1-10(18)11-5-6-12(14(19)9-11)13-7-8-17(16-13)15(2,3)4/h5-9,19H,1-4H3. The molecule has 0 radical (unpaired) electrons. The molecule has 0 aliphatic rings. The zero-order valence-electron chi connectivity index (χ0n) is 11.6. The van der Waals surface area contributed by atoms with Crippen molar-refractivity contribution in [2.45, 2.75) is 33.2 Å². The van der Waals surface area contributed by atoms with Crippen molar-refractivity contribution in [3.8, 4) is 17.0 Å². The Labute approximate surface area is 112 Å². The predicted molar refractivity (Wildman–Crippen MR) is 74.3 cm³/mol. The van der Waals surface area contributed by atoms with Crippen LogP contribution in [-0.2, 0) is 5.54 Å². The number of hydrogen-bond donors (Lipinski definition) is 1. The van der Waals surface area contributed by atoms with Crippen molar-refractivity contribution in [1.29, 1.82) is 0 Å². The molecule has 100 valence electrons. The highest BCUT2D eigenvalue weighted by Crippen LogP contribution is 2.29. The van der Waals surface area contributed by atoms with E-state index >= 15 is 0 Å². The summed E-state index contributed by atoms with van der Waals surface area (Å²) >= 11 is 0. The number of nitrogens with zero attached hydrogens (tertiary/aromatic N) is 2. The minimum Gasteiger partial charge on any atom is -0.507 e. The molecule has 4 heteroatoms. The molecule has 4 nitrogen and oxygen atoms in total. The number of benzene rings is 1. The summed E-state index contributed by atoms with van der Waals surface area (Å²) in [6.07, 6.45) is 1.88. The largest absolute Gasteiger partial charge is 0.507 e. The van der Waals surface area contributed by atoms with Crippen LogP contribution in [-0.4, -0.2) is 20.7 Å². The first-order chi connectivity index (χ1) is 8.79. The van der Waals surface area contributed by atoms with Gasteiger partial charge >= 0.3 is 0 Å². The molecule has 0 saturated heterocycles. The Bertz CT molecular complexity index is 621. The van der Waals surface area contributed by atoms with Gasteiger partial charge in [-0.2, -0.15) is 5.10 Å². The molecule has 0 saturated carbocycles. The zero-order valence-corrected chi connectivity index (χ0v) is 11.6. The lowest BCUT2D eigenvalue weighted by molar-refractivity contribution is 0.101. The minimum absolute atomic E-state index is 0.0675. The lowest BCUT2D eigenvalue weighted by Gasteiger charge is -2.18. The van der Waals surface area contributed by atoms with Crippen molar-refractivity contribution in [2.24, 2.45) is 0 Å². The Hall–Kier alpha value is -2.10. The molecule has 1 aromatic heterocycles. The van der Waals surface area contributed by atoms with Crippen LogP contribution in [0.5, 0.6) is 5.75 Å². The Balaban J connectivity index is 2.43. The number of aromatic hydroxyl groups is 1. The predicted octanol–water partition coefficient (Wildman–Crippen LogP) is 3.21. The van der Waals surface area contributed by atoms with Crippen LogP contribution < -0.4 is 0 Å². The number of hydrogen-bond acceptors (Lipinski definition) is 3. The van der Waals surface area contributed by atoms with Gasteiger partial charge in [-0.3, -0.25) is 9.48 Å². The number of phenolic OH excluding ortho intramolecular Hbond substituents is 1. The van der Waals surface area contributed by atoms with Crippen LogP contribution in [0.25, 0.3) is 11.3 Å². The van der Waals surface area contributed by atoms with Gasteiger partial charge in [-0.05, 0) is 45.9 Å². The van der Waals surface area contributed by atoms with Gasteiger partial charge in [0, 0.05) is 17.3 Å². The summed E-state index contributed by atoms with van der Waals surface area (Å²) in [6.45, 7) is 7.65. The van der Waals surface area contributed by atoms with E-state index in [0.717, 1.165) is 0 Å². The zero-order chi connectivity index (χ0) is 14.2. The maximum absolute atomic E-state index is 11.3. The van der Waals surface area contributed by atoms with Crippen LogP contribution >= 0.6 is 0 Å². The molecule has 0 aliphatic carbocycles. The van der Waals surface area contributed by atoms with E-state index in [9.17, 15) is 9.90 Å². The number of carbonyl (C=O) groups is 1. The Morgan fingerprint density at radius 1 is 1.26 bits per heavy atom. The normalized spacial score (nSPS) is 11.6. The topological polar surface area (TPSA) is 55.1 Å². The second kappa shape index (κ2) is 4.53. The highest BCUT2D eigenvalue weighted by atomic mass is 16.3. The molecule has 2 rings (SSSR count). The van der Waals surface area contributed by atoms with Crippen LogP contribution in [0.3, 0.4) is 0 Å². The lowest BCUT2D eigenvalue weighted by atomic mass is 10.1. The molecule has 0 aliphatic heterocycles. The summed E-state index contributed by atoms with van der Waals surface area (Å²) in [5, 5.41) is 14.5. The van der Waals surface area contributed by atoms with E-state index in [2.05, 4.69) is 25.9 Å².